The summed E-state index contributed by atoms with van der Waals surface area (Å²) >= 11 is 1.54. The van der Waals surface area contributed by atoms with Crippen LogP contribution >= 0.6 is 11.3 Å². The Balaban J connectivity index is 3.01. The zero-order valence-corrected chi connectivity index (χ0v) is 6.39. The molecule has 1 aromatic rings. The second-order valence-corrected chi connectivity index (χ2v) is 3.32. The summed E-state index contributed by atoms with van der Waals surface area (Å²) in [5.74, 6) is -0.0417. The van der Waals surface area contributed by atoms with E-state index in [1.807, 2.05) is 13.8 Å². The second-order valence-electron chi connectivity index (χ2n) is 1.98. The van der Waals surface area contributed by atoms with Crippen LogP contribution in [0.3, 0.4) is 0 Å². The van der Waals surface area contributed by atoms with E-state index in [9.17, 15) is 4.39 Å². The second kappa shape index (κ2) is 2.48. The van der Waals surface area contributed by atoms with Gasteiger partial charge in [0, 0.05) is 9.75 Å². The van der Waals surface area contributed by atoms with E-state index in [1.165, 1.54) is 11.3 Å². The zero-order valence-electron chi connectivity index (χ0n) is 5.57. The highest BCUT2D eigenvalue weighted by Gasteiger charge is 2.01. The molecule has 0 spiro atoms. The van der Waals surface area contributed by atoms with Gasteiger partial charge in [-0.05, 0) is 19.4 Å². The minimum atomic E-state index is -0.0417. The molecule has 9 heavy (non-hydrogen) atoms. The molecule has 0 aliphatic carbocycles. The molecule has 0 radical (unpaired) electrons. The van der Waals surface area contributed by atoms with E-state index in [0.717, 1.165) is 16.2 Å². The number of aryl methyl sites for hydroxylation is 2. The molecule has 0 aliphatic rings. The molecule has 0 atom stereocenters. The first-order valence-corrected chi connectivity index (χ1v) is 3.80. The van der Waals surface area contributed by atoms with E-state index >= 15 is 0 Å². The van der Waals surface area contributed by atoms with Crippen molar-refractivity contribution in [2.24, 2.45) is 0 Å². The lowest BCUT2D eigenvalue weighted by Gasteiger charge is -1.84. The average Bonchev–Trinajstić information content (AvgIpc) is 2.10. The monoisotopic (exact) mass is 144 g/mol. The summed E-state index contributed by atoms with van der Waals surface area (Å²) in [5.41, 5.74) is 0. The van der Waals surface area contributed by atoms with Crippen LogP contribution in [0.2, 0.25) is 0 Å². The molecule has 0 N–H and O–H groups in total. The Morgan fingerprint density at radius 2 is 2.33 bits per heavy atom. The average molecular weight is 144 g/mol. The first-order valence-electron chi connectivity index (χ1n) is 2.99. The molecule has 2 heteroatoms. The van der Waals surface area contributed by atoms with Gasteiger partial charge in [-0.25, -0.2) is 4.39 Å². The van der Waals surface area contributed by atoms with Crippen LogP contribution in [0.4, 0.5) is 4.39 Å². The van der Waals surface area contributed by atoms with Gasteiger partial charge in [0.2, 0.25) is 0 Å². The fourth-order valence-corrected chi connectivity index (χ4v) is 1.62. The maximum atomic E-state index is 12.6. The van der Waals surface area contributed by atoms with Crippen molar-refractivity contribution in [1.82, 2.24) is 0 Å². The third-order valence-electron chi connectivity index (χ3n) is 1.20. The quantitative estimate of drug-likeness (QED) is 0.568. The molecular weight excluding hydrogens is 135 g/mol. The Hall–Kier alpha value is -0.370. The topological polar surface area (TPSA) is 0 Å². The minimum absolute atomic E-state index is 0.0417. The van der Waals surface area contributed by atoms with E-state index in [4.69, 9.17) is 0 Å². The first-order chi connectivity index (χ1) is 4.24. The third-order valence-corrected chi connectivity index (χ3v) is 2.37. The first kappa shape index (κ1) is 6.75. The van der Waals surface area contributed by atoms with E-state index in [1.54, 1.807) is 6.07 Å². The number of hydrogen-bond donors (Lipinski definition) is 0. The summed E-state index contributed by atoms with van der Waals surface area (Å²) in [4.78, 5) is 1.93. The van der Waals surface area contributed by atoms with Crippen LogP contribution in [-0.2, 0) is 6.42 Å². The number of halogens is 1. The molecule has 0 saturated carbocycles. The summed E-state index contributed by atoms with van der Waals surface area (Å²) < 4.78 is 12.6. The highest BCUT2D eigenvalue weighted by molar-refractivity contribution is 7.11. The molecule has 0 aromatic carbocycles. The van der Waals surface area contributed by atoms with Crippen LogP contribution < -0.4 is 0 Å². The summed E-state index contributed by atoms with van der Waals surface area (Å²) in [6.45, 7) is 3.89. The molecule has 1 aromatic heterocycles. The van der Waals surface area contributed by atoms with Gasteiger partial charge in [-0.1, -0.05) is 6.92 Å². The van der Waals surface area contributed by atoms with Crippen LogP contribution in [0.15, 0.2) is 6.07 Å². The van der Waals surface area contributed by atoms with Gasteiger partial charge in [-0.2, -0.15) is 0 Å². The Bertz CT molecular complexity index is 203. The highest BCUT2D eigenvalue weighted by atomic mass is 32.1. The normalized spacial score (nSPS) is 10.1. The van der Waals surface area contributed by atoms with Gasteiger partial charge in [-0.15, -0.1) is 11.3 Å². The summed E-state index contributed by atoms with van der Waals surface area (Å²) in [7, 11) is 0. The van der Waals surface area contributed by atoms with Crippen molar-refractivity contribution in [3.8, 4) is 0 Å². The summed E-state index contributed by atoms with van der Waals surface area (Å²) in [6, 6.07) is 1.59. The fourth-order valence-electron chi connectivity index (χ4n) is 0.773. The zero-order chi connectivity index (χ0) is 6.85. The van der Waals surface area contributed by atoms with Crippen molar-refractivity contribution in [2.45, 2.75) is 20.3 Å². The van der Waals surface area contributed by atoms with Gasteiger partial charge >= 0.3 is 0 Å². The van der Waals surface area contributed by atoms with Crippen molar-refractivity contribution in [3.63, 3.8) is 0 Å². The molecule has 0 nitrogen and oxygen atoms in total. The number of thiophene rings is 1. The number of hydrogen-bond acceptors (Lipinski definition) is 1. The maximum absolute atomic E-state index is 12.6. The van der Waals surface area contributed by atoms with E-state index < -0.39 is 0 Å². The SMILES string of the molecule is CCc1sc(C)cc1F. The van der Waals surface area contributed by atoms with Gasteiger partial charge in [0.15, 0.2) is 0 Å². The van der Waals surface area contributed by atoms with Crippen LogP contribution in [-0.4, -0.2) is 0 Å². The Morgan fingerprint density at radius 3 is 2.56 bits per heavy atom. The molecule has 0 aliphatic heterocycles. The van der Waals surface area contributed by atoms with Crippen LogP contribution in [0.1, 0.15) is 16.7 Å². The molecule has 0 saturated heterocycles. The van der Waals surface area contributed by atoms with Crippen LogP contribution in [0.5, 0.6) is 0 Å². The molecule has 1 heterocycles. The van der Waals surface area contributed by atoms with Crippen LogP contribution in [0, 0.1) is 12.7 Å². The van der Waals surface area contributed by atoms with Crippen molar-refractivity contribution >= 4 is 11.3 Å². The Labute approximate surface area is 58.3 Å². The third kappa shape index (κ3) is 1.30. The van der Waals surface area contributed by atoms with E-state index in [2.05, 4.69) is 0 Å². The molecule has 0 fully saturated rings. The van der Waals surface area contributed by atoms with Gasteiger partial charge in [0.05, 0.1) is 0 Å². The minimum Gasteiger partial charge on any atom is -0.206 e. The smallest absolute Gasteiger partial charge is 0.137 e. The lowest BCUT2D eigenvalue weighted by atomic mass is 10.3. The maximum Gasteiger partial charge on any atom is 0.137 e. The van der Waals surface area contributed by atoms with E-state index in [0.29, 0.717) is 0 Å². The van der Waals surface area contributed by atoms with Crippen molar-refractivity contribution in [1.29, 1.82) is 0 Å². The Morgan fingerprint density at radius 1 is 1.67 bits per heavy atom. The van der Waals surface area contributed by atoms with Gasteiger partial charge in [0.25, 0.3) is 0 Å². The molecular formula is C7H9FS. The molecule has 0 unspecified atom stereocenters. The van der Waals surface area contributed by atoms with Gasteiger partial charge < -0.3 is 0 Å². The van der Waals surface area contributed by atoms with Crippen molar-refractivity contribution in [2.75, 3.05) is 0 Å². The Kier molecular flexibility index (Phi) is 1.86. The lowest BCUT2D eigenvalue weighted by Crippen LogP contribution is -1.74. The van der Waals surface area contributed by atoms with Gasteiger partial charge in [0.1, 0.15) is 5.82 Å². The van der Waals surface area contributed by atoms with Crippen LogP contribution in [0.25, 0.3) is 0 Å². The standard InChI is InChI=1S/C7H9FS/c1-3-7-6(8)4-5(2)9-7/h4H,3H2,1-2H3. The fraction of sp³-hybridized carbons (Fsp3) is 0.429. The molecule has 0 amide bonds. The van der Waals surface area contributed by atoms with Crippen molar-refractivity contribution < 1.29 is 4.39 Å². The van der Waals surface area contributed by atoms with Gasteiger partial charge in [-0.3, -0.25) is 0 Å². The largest absolute Gasteiger partial charge is 0.206 e. The molecule has 50 valence electrons. The number of rotatable bonds is 1. The molecule has 0 bridgehead atoms. The highest BCUT2D eigenvalue weighted by Crippen LogP contribution is 2.19. The summed E-state index contributed by atoms with van der Waals surface area (Å²) in [6.07, 6.45) is 0.810. The lowest BCUT2D eigenvalue weighted by molar-refractivity contribution is 0.620. The van der Waals surface area contributed by atoms with Crippen molar-refractivity contribution in [3.05, 3.63) is 21.6 Å². The van der Waals surface area contributed by atoms with E-state index in [-0.39, 0.29) is 5.82 Å². The molecule has 1 rings (SSSR count). The summed E-state index contributed by atoms with van der Waals surface area (Å²) in [5, 5.41) is 0. The predicted octanol–water partition coefficient (Wildman–Crippen LogP) is 2.76. The predicted molar refractivity (Wildman–Crippen MR) is 38.4 cm³/mol.